The fourth-order valence-corrected chi connectivity index (χ4v) is 8.74. The molecule has 0 saturated carbocycles. The summed E-state index contributed by atoms with van der Waals surface area (Å²) in [5, 5.41) is 56.7. The van der Waals surface area contributed by atoms with Gasteiger partial charge in [0.2, 0.25) is 5.91 Å². The molecule has 0 bridgehead atoms. The van der Waals surface area contributed by atoms with Crippen molar-refractivity contribution in [2.24, 2.45) is 0 Å². The Bertz CT molecular complexity index is 1440. The summed E-state index contributed by atoms with van der Waals surface area (Å²) in [4.78, 5) is 26.4. The number of unbranched alkanes of at least 4 members (excludes halogenated alkanes) is 24. The minimum Gasteiger partial charge on any atom is -0.454 e. The van der Waals surface area contributed by atoms with Crippen molar-refractivity contribution < 1.29 is 49.3 Å². The van der Waals surface area contributed by atoms with Crippen LogP contribution in [0.25, 0.3) is 0 Å². The number of nitrogens with one attached hydrogen (secondary N) is 1. The molecule has 0 aromatic carbocycles. The number of esters is 1. The van der Waals surface area contributed by atoms with Crippen molar-refractivity contribution in [3.63, 3.8) is 0 Å². The lowest BCUT2D eigenvalue weighted by Gasteiger charge is -2.41. The van der Waals surface area contributed by atoms with Crippen molar-refractivity contribution in [2.75, 3.05) is 13.2 Å². The van der Waals surface area contributed by atoms with Crippen LogP contribution in [0.2, 0.25) is 0 Å². The Balaban J connectivity index is 2.77. The van der Waals surface area contributed by atoms with Crippen LogP contribution < -0.4 is 5.32 Å². The quantitative estimate of drug-likeness (QED) is 0.0195. The number of aliphatic hydroxyl groups is 5. The molecule has 0 aromatic heterocycles. The van der Waals surface area contributed by atoms with Crippen LogP contribution in [-0.4, -0.2) is 99.6 Å². The smallest absolute Gasteiger partial charge is 0.306 e. The van der Waals surface area contributed by atoms with E-state index in [1.807, 2.05) is 18.2 Å². The number of rotatable bonds is 48. The van der Waals surface area contributed by atoms with Gasteiger partial charge in [-0.15, -0.1) is 0 Å². The number of hydrogen-bond acceptors (Lipinski definition) is 10. The average molecular weight is 1010 g/mol. The van der Waals surface area contributed by atoms with E-state index in [1.165, 1.54) is 116 Å². The van der Waals surface area contributed by atoms with Gasteiger partial charge in [0.15, 0.2) is 12.4 Å². The molecule has 8 unspecified atom stereocenters. The Kier molecular flexibility index (Phi) is 45.7. The fraction of sp³-hybridized carbons (Fsp3) is 0.770. The highest BCUT2D eigenvalue weighted by Gasteiger charge is 2.47. The Hall–Kier alpha value is -2.90. The van der Waals surface area contributed by atoms with Crippen molar-refractivity contribution in [2.45, 2.75) is 288 Å². The second-order valence-electron chi connectivity index (χ2n) is 20.0. The lowest BCUT2D eigenvalue weighted by atomic mass is 9.99. The zero-order chi connectivity index (χ0) is 52.5. The van der Waals surface area contributed by atoms with Gasteiger partial charge >= 0.3 is 5.97 Å². The molecule has 1 rings (SSSR count). The maximum Gasteiger partial charge on any atom is 0.306 e. The van der Waals surface area contributed by atoms with Gasteiger partial charge in [0, 0.05) is 6.42 Å². The van der Waals surface area contributed by atoms with E-state index in [-0.39, 0.29) is 19.4 Å². The summed E-state index contributed by atoms with van der Waals surface area (Å²) in [6.07, 6.45) is 50.9. The molecule has 416 valence electrons. The molecule has 1 fully saturated rings. The van der Waals surface area contributed by atoms with Gasteiger partial charge in [0.1, 0.15) is 24.4 Å². The van der Waals surface area contributed by atoms with E-state index in [0.29, 0.717) is 12.8 Å². The van der Waals surface area contributed by atoms with Crippen LogP contribution in [0.4, 0.5) is 0 Å². The van der Waals surface area contributed by atoms with Crippen LogP contribution in [-0.2, 0) is 23.8 Å². The van der Waals surface area contributed by atoms with Crippen LogP contribution in [0.1, 0.15) is 239 Å². The number of amides is 1. The zero-order valence-electron chi connectivity index (χ0n) is 45.8. The predicted octanol–water partition coefficient (Wildman–Crippen LogP) is 13.2. The molecule has 1 saturated heterocycles. The van der Waals surface area contributed by atoms with Crippen molar-refractivity contribution >= 4 is 11.9 Å². The largest absolute Gasteiger partial charge is 0.454 e. The Morgan fingerprint density at radius 3 is 1.47 bits per heavy atom. The van der Waals surface area contributed by atoms with Crippen molar-refractivity contribution in [1.82, 2.24) is 5.32 Å². The van der Waals surface area contributed by atoms with Gasteiger partial charge in [-0.1, -0.05) is 241 Å². The third-order valence-corrected chi connectivity index (χ3v) is 13.4. The van der Waals surface area contributed by atoms with Gasteiger partial charge in [-0.25, -0.2) is 0 Å². The zero-order valence-corrected chi connectivity index (χ0v) is 45.8. The number of aliphatic hydroxyl groups excluding tert-OH is 5. The van der Waals surface area contributed by atoms with Crippen molar-refractivity contribution in [3.05, 3.63) is 72.9 Å². The first-order valence-electron chi connectivity index (χ1n) is 29.2. The summed E-state index contributed by atoms with van der Waals surface area (Å²) in [5.41, 5.74) is 0. The molecular formula is C61H107NO10. The fourth-order valence-electron chi connectivity index (χ4n) is 8.74. The topological polar surface area (TPSA) is 175 Å². The molecule has 0 spiro atoms. The van der Waals surface area contributed by atoms with E-state index >= 15 is 0 Å². The number of carbonyl (C=O) groups is 2. The number of hydrogen-bond donors (Lipinski definition) is 6. The standard InChI is InChI=1S/C61H107NO10/c1-4-7-10-13-16-19-22-25-27-29-30-33-36-39-42-45-48-54(65)60(69)62-52(53(64)47-44-41-38-35-32-24-21-18-15-12-9-6-3)51-70-61-59(58(68)57(67)55(50-63)71-61)72-56(66)49-46-43-40-37-34-31-28-26-23-20-17-14-11-8-5-2/h7,10,16,19,25,27,30,33,39,42,44,47,52-55,57-59,61,63-65,67-68H,4-6,8-9,11-15,17-18,20-24,26,28-29,31-32,34-38,40-41,43,45-46,48-51H2,1-3H3,(H,62,69)/b10-7-,19-16-,27-25-,33-30-,42-39-,47-44+. The molecule has 1 aliphatic rings. The third-order valence-electron chi connectivity index (χ3n) is 13.4. The van der Waals surface area contributed by atoms with Crippen LogP contribution in [0, 0.1) is 0 Å². The van der Waals surface area contributed by atoms with E-state index in [1.54, 1.807) is 6.08 Å². The molecule has 1 aliphatic heterocycles. The van der Waals surface area contributed by atoms with Crippen LogP contribution >= 0.6 is 0 Å². The molecule has 11 nitrogen and oxygen atoms in total. The van der Waals surface area contributed by atoms with Crippen LogP contribution in [0.15, 0.2) is 72.9 Å². The summed E-state index contributed by atoms with van der Waals surface area (Å²) >= 11 is 0. The molecule has 1 heterocycles. The summed E-state index contributed by atoms with van der Waals surface area (Å²) < 4.78 is 17.6. The SMILES string of the molecule is CC/C=C\C/C=C\C/C=C\C/C=C\C/C=C\CCC(O)C(=O)NC(COC1OC(CO)C(O)C(O)C1OC(=O)CCCCCCCCCCCCCCCCC)C(O)/C=C/CCCCCCCCCCCC. The third kappa shape index (κ3) is 36.9. The molecule has 0 radical (unpaired) electrons. The molecule has 0 aromatic rings. The molecule has 1 amide bonds. The second-order valence-corrected chi connectivity index (χ2v) is 20.0. The first-order chi connectivity index (χ1) is 35.2. The Labute approximate surface area is 439 Å². The van der Waals surface area contributed by atoms with E-state index in [9.17, 15) is 35.1 Å². The first-order valence-corrected chi connectivity index (χ1v) is 29.2. The van der Waals surface area contributed by atoms with Crippen LogP contribution in [0.5, 0.6) is 0 Å². The molecule has 8 atom stereocenters. The highest BCUT2D eigenvalue weighted by Crippen LogP contribution is 2.26. The monoisotopic (exact) mass is 1010 g/mol. The average Bonchev–Trinajstić information content (AvgIpc) is 3.38. The van der Waals surface area contributed by atoms with Crippen molar-refractivity contribution in [3.8, 4) is 0 Å². The van der Waals surface area contributed by atoms with Gasteiger partial charge < -0.3 is 45.1 Å². The van der Waals surface area contributed by atoms with Gasteiger partial charge in [-0.3, -0.25) is 9.59 Å². The van der Waals surface area contributed by atoms with Gasteiger partial charge in [-0.05, 0) is 64.2 Å². The molecule has 72 heavy (non-hydrogen) atoms. The molecule has 11 heteroatoms. The van der Waals surface area contributed by atoms with Gasteiger partial charge in [0.05, 0.1) is 25.4 Å². The van der Waals surface area contributed by atoms with Gasteiger partial charge in [0.25, 0.3) is 0 Å². The second kappa shape index (κ2) is 49.0. The van der Waals surface area contributed by atoms with E-state index in [0.717, 1.165) is 77.0 Å². The highest BCUT2D eigenvalue weighted by atomic mass is 16.7. The van der Waals surface area contributed by atoms with E-state index in [2.05, 4.69) is 74.7 Å². The lowest BCUT2D eigenvalue weighted by Crippen LogP contribution is -2.61. The summed E-state index contributed by atoms with van der Waals surface area (Å²) in [7, 11) is 0. The lowest BCUT2D eigenvalue weighted by molar-refractivity contribution is -0.305. The van der Waals surface area contributed by atoms with Crippen molar-refractivity contribution in [1.29, 1.82) is 0 Å². The van der Waals surface area contributed by atoms with E-state index < -0.39 is 67.4 Å². The van der Waals surface area contributed by atoms with Gasteiger partial charge in [-0.2, -0.15) is 0 Å². The number of ether oxygens (including phenoxy) is 3. The maximum atomic E-state index is 13.4. The predicted molar refractivity (Wildman–Crippen MR) is 296 cm³/mol. The number of allylic oxidation sites excluding steroid dienone is 11. The minimum absolute atomic E-state index is 0.118. The van der Waals surface area contributed by atoms with E-state index in [4.69, 9.17) is 14.2 Å². The molecule has 6 N–H and O–H groups in total. The highest BCUT2D eigenvalue weighted by molar-refractivity contribution is 5.80. The normalized spacial score (nSPS) is 20.0. The number of carbonyl (C=O) groups excluding carboxylic acids is 2. The van der Waals surface area contributed by atoms with Crippen LogP contribution in [0.3, 0.4) is 0 Å². The summed E-state index contributed by atoms with van der Waals surface area (Å²) in [6.45, 7) is 5.63. The molecule has 0 aliphatic carbocycles. The maximum absolute atomic E-state index is 13.4. The minimum atomic E-state index is -1.62. The Morgan fingerprint density at radius 2 is 1.00 bits per heavy atom. The first kappa shape index (κ1) is 67.1. The summed E-state index contributed by atoms with van der Waals surface area (Å²) in [5.74, 6) is -1.26. The molecular weight excluding hydrogens is 907 g/mol. The summed E-state index contributed by atoms with van der Waals surface area (Å²) in [6, 6.07) is -1.05. The Morgan fingerprint density at radius 1 is 0.556 bits per heavy atom.